The number of carbonyl (C=O) groups excluding carboxylic acids is 1. The number of nitrogens with zero attached hydrogens (tertiary/aromatic N) is 1. The molecule has 0 aliphatic heterocycles. The SMILES string of the molecule is Cc1ccccc1OCCC(=O)Nc1n[nH]c(C)c1C. The molecule has 0 atom stereocenters. The van der Waals surface area contributed by atoms with Gasteiger partial charge in [-0.3, -0.25) is 9.89 Å². The van der Waals surface area contributed by atoms with E-state index in [0.29, 0.717) is 18.8 Å². The Morgan fingerprint density at radius 2 is 2.05 bits per heavy atom. The maximum absolute atomic E-state index is 11.8. The highest BCUT2D eigenvalue weighted by atomic mass is 16.5. The third kappa shape index (κ3) is 3.38. The molecular formula is C15H19N3O2. The highest BCUT2D eigenvalue weighted by Crippen LogP contribution is 2.17. The number of H-pyrrole nitrogens is 1. The molecule has 0 saturated carbocycles. The molecule has 1 aromatic heterocycles. The van der Waals surface area contributed by atoms with Crippen LogP contribution in [0.4, 0.5) is 5.82 Å². The van der Waals surface area contributed by atoms with Crippen LogP contribution in [0, 0.1) is 20.8 Å². The average molecular weight is 273 g/mol. The number of para-hydroxylation sites is 1. The molecule has 1 heterocycles. The predicted octanol–water partition coefficient (Wildman–Crippen LogP) is 2.74. The lowest BCUT2D eigenvalue weighted by atomic mass is 10.2. The molecule has 0 radical (unpaired) electrons. The van der Waals surface area contributed by atoms with E-state index >= 15 is 0 Å². The molecular weight excluding hydrogens is 254 g/mol. The summed E-state index contributed by atoms with van der Waals surface area (Å²) in [6.45, 7) is 6.15. The van der Waals surface area contributed by atoms with Crippen molar-refractivity contribution in [2.45, 2.75) is 27.2 Å². The third-order valence-electron chi connectivity index (χ3n) is 3.19. The highest BCUT2D eigenvalue weighted by Gasteiger charge is 2.09. The summed E-state index contributed by atoms with van der Waals surface area (Å²) in [6.07, 6.45) is 0.291. The van der Waals surface area contributed by atoms with Crippen LogP contribution in [0.2, 0.25) is 0 Å². The number of nitrogens with one attached hydrogen (secondary N) is 2. The average Bonchev–Trinajstić information content (AvgIpc) is 2.73. The molecule has 0 unspecified atom stereocenters. The minimum absolute atomic E-state index is 0.104. The van der Waals surface area contributed by atoms with Crippen molar-refractivity contribution < 1.29 is 9.53 Å². The number of aryl methyl sites for hydroxylation is 2. The third-order valence-corrected chi connectivity index (χ3v) is 3.19. The summed E-state index contributed by atoms with van der Waals surface area (Å²) in [5, 5.41) is 9.64. The molecule has 0 bridgehead atoms. The van der Waals surface area contributed by atoms with Crippen LogP contribution in [0.25, 0.3) is 0 Å². The van der Waals surface area contributed by atoms with Crippen LogP contribution >= 0.6 is 0 Å². The zero-order chi connectivity index (χ0) is 14.5. The number of aromatic nitrogens is 2. The lowest BCUT2D eigenvalue weighted by molar-refractivity contribution is -0.116. The molecule has 2 aromatic rings. The molecule has 1 aromatic carbocycles. The number of rotatable bonds is 5. The fourth-order valence-electron chi connectivity index (χ4n) is 1.77. The Balaban J connectivity index is 1.81. The molecule has 0 saturated heterocycles. The van der Waals surface area contributed by atoms with Crippen LogP contribution in [0.5, 0.6) is 5.75 Å². The minimum Gasteiger partial charge on any atom is -0.493 e. The van der Waals surface area contributed by atoms with Gasteiger partial charge in [0.15, 0.2) is 5.82 Å². The number of amides is 1. The maximum atomic E-state index is 11.8. The van der Waals surface area contributed by atoms with Gasteiger partial charge in [0.25, 0.3) is 0 Å². The van der Waals surface area contributed by atoms with Crippen LogP contribution in [0.3, 0.4) is 0 Å². The lowest BCUT2D eigenvalue weighted by Crippen LogP contribution is -2.16. The molecule has 5 heteroatoms. The van der Waals surface area contributed by atoms with Crippen LogP contribution in [0.15, 0.2) is 24.3 Å². The number of ether oxygens (including phenoxy) is 1. The zero-order valence-electron chi connectivity index (χ0n) is 12.0. The van der Waals surface area contributed by atoms with Crippen LogP contribution < -0.4 is 10.1 Å². The molecule has 1 amide bonds. The van der Waals surface area contributed by atoms with Crippen LogP contribution in [0.1, 0.15) is 23.2 Å². The number of hydrogen-bond donors (Lipinski definition) is 2. The van der Waals surface area contributed by atoms with E-state index in [1.807, 2.05) is 45.0 Å². The van der Waals surface area contributed by atoms with E-state index in [2.05, 4.69) is 15.5 Å². The number of hydrogen-bond acceptors (Lipinski definition) is 3. The molecule has 106 valence electrons. The second kappa shape index (κ2) is 6.23. The summed E-state index contributed by atoms with van der Waals surface area (Å²) in [6, 6.07) is 7.75. The number of carbonyl (C=O) groups is 1. The van der Waals surface area contributed by atoms with Crippen molar-refractivity contribution in [3.05, 3.63) is 41.1 Å². The zero-order valence-corrected chi connectivity index (χ0v) is 12.0. The quantitative estimate of drug-likeness (QED) is 0.880. The molecule has 0 aliphatic carbocycles. The standard InChI is InChI=1S/C15H19N3O2/c1-10-6-4-5-7-13(10)20-9-8-14(19)16-15-11(2)12(3)17-18-15/h4-7H,8-9H2,1-3H3,(H2,16,17,18,19). The normalized spacial score (nSPS) is 10.3. The first kappa shape index (κ1) is 14.1. The summed E-state index contributed by atoms with van der Waals surface area (Å²) < 4.78 is 5.59. The molecule has 5 nitrogen and oxygen atoms in total. The number of aromatic amines is 1. The molecule has 20 heavy (non-hydrogen) atoms. The topological polar surface area (TPSA) is 67.0 Å². The lowest BCUT2D eigenvalue weighted by Gasteiger charge is -2.08. The predicted molar refractivity (Wildman–Crippen MR) is 78.0 cm³/mol. The van der Waals surface area contributed by atoms with E-state index < -0.39 is 0 Å². The summed E-state index contributed by atoms with van der Waals surface area (Å²) in [5.74, 6) is 1.30. The summed E-state index contributed by atoms with van der Waals surface area (Å²) in [5.41, 5.74) is 2.97. The largest absolute Gasteiger partial charge is 0.493 e. The second-order valence-electron chi connectivity index (χ2n) is 4.73. The van der Waals surface area contributed by atoms with Gasteiger partial charge < -0.3 is 10.1 Å². The van der Waals surface area contributed by atoms with E-state index in [0.717, 1.165) is 22.6 Å². The van der Waals surface area contributed by atoms with Gasteiger partial charge in [0, 0.05) is 11.3 Å². The smallest absolute Gasteiger partial charge is 0.229 e. The fourth-order valence-corrected chi connectivity index (χ4v) is 1.77. The van der Waals surface area contributed by atoms with Gasteiger partial charge in [-0.2, -0.15) is 5.10 Å². The Morgan fingerprint density at radius 3 is 2.70 bits per heavy atom. The fraction of sp³-hybridized carbons (Fsp3) is 0.333. The first-order valence-electron chi connectivity index (χ1n) is 6.58. The first-order valence-corrected chi connectivity index (χ1v) is 6.58. The van der Waals surface area contributed by atoms with Gasteiger partial charge >= 0.3 is 0 Å². The summed E-state index contributed by atoms with van der Waals surface area (Å²) >= 11 is 0. The molecule has 0 spiro atoms. The highest BCUT2D eigenvalue weighted by molar-refractivity contribution is 5.90. The number of anilines is 1. The monoisotopic (exact) mass is 273 g/mol. The van der Waals surface area contributed by atoms with Crippen molar-refractivity contribution in [2.75, 3.05) is 11.9 Å². The van der Waals surface area contributed by atoms with E-state index in [1.54, 1.807) is 0 Å². The molecule has 0 aliphatic rings. The van der Waals surface area contributed by atoms with Crippen molar-refractivity contribution in [3.63, 3.8) is 0 Å². The summed E-state index contributed by atoms with van der Waals surface area (Å²) in [4.78, 5) is 11.8. The second-order valence-corrected chi connectivity index (χ2v) is 4.73. The van der Waals surface area contributed by atoms with Crippen LogP contribution in [-0.2, 0) is 4.79 Å². The van der Waals surface area contributed by atoms with E-state index in [1.165, 1.54) is 0 Å². The van der Waals surface area contributed by atoms with Crippen LogP contribution in [-0.4, -0.2) is 22.7 Å². The Morgan fingerprint density at radius 1 is 1.30 bits per heavy atom. The van der Waals surface area contributed by atoms with E-state index in [-0.39, 0.29) is 5.91 Å². The van der Waals surface area contributed by atoms with Crippen molar-refractivity contribution >= 4 is 11.7 Å². The van der Waals surface area contributed by atoms with E-state index in [9.17, 15) is 4.79 Å². The Labute approximate surface area is 118 Å². The van der Waals surface area contributed by atoms with Crippen molar-refractivity contribution in [3.8, 4) is 5.75 Å². The van der Waals surface area contributed by atoms with Gasteiger partial charge in [-0.15, -0.1) is 0 Å². The Bertz CT molecular complexity index is 605. The van der Waals surface area contributed by atoms with Gasteiger partial charge in [-0.05, 0) is 32.4 Å². The van der Waals surface area contributed by atoms with Crippen molar-refractivity contribution in [1.82, 2.24) is 10.2 Å². The molecule has 0 fully saturated rings. The van der Waals surface area contributed by atoms with E-state index in [4.69, 9.17) is 4.74 Å². The van der Waals surface area contributed by atoms with Crippen molar-refractivity contribution in [1.29, 1.82) is 0 Å². The van der Waals surface area contributed by atoms with Gasteiger partial charge in [0.2, 0.25) is 5.91 Å². The maximum Gasteiger partial charge on any atom is 0.229 e. The van der Waals surface area contributed by atoms with Crippen molar-refractivity contribution in [2.24, 2.45) is 0 Å². The van der Waals surface area contributed by atoms with Gasteiger partial charge in [0.1, 0.15) is 5.75 Å². The number of benzene rings is 1. The minimum atomic E-state index is -0.104. The molecule has 2 N–H and O–H groups in total. The van der Waals surface area contributed by atoms with Gasteiger partial charge in [-0.25, -0.2) is 0 Å². The van der Waals surface area contributed by atoms with Gasteiger partial charge in [0.05, 0.1) is 13.0 Å². The van der Waals surface area contributed by atoms with Gasteiger partial charge in [-0.1, -0.05) is 18.2 Å². The molecule has 2 rings (SSSR count). The summed E-state index contributed by atoms with van der Waals surface area (Å²) in [7, 11) is 0. The first-order chi connectivity index (χ1) is 9.58. The Kier molecular flexibility index (Phi) is 4.40. The Hall–Kier alpha value is -2.30.